The molecule has 0 aliphatic rings. The number of aryl methyl sites for hydroxylation is 1. The number of nitrogens with zero attached hydrogens (tertiary/aromatic N) is 3. The molecule has 0 atom stereocenters. The minimum atomic E-state index is -0.325. The molecular weight excluding hydrogens is 390 g/mol. The minimum Gasteiger partial charge on any atom is -0.368 e. The molecule has 0 bridgehead atoms. The van der Waals surface area contributed by atoms with Crippen molar-refractivity contribution in [2.75, 3.05) is 18.4 Å². The van der Waals surface area contributed by atoms with E-state index in [0.717, 1.165) is 17.5 Å². The van der Waals surface area contributed by atoms with E-state index in [1.54, 1.807) is 38.4 Å². The fourth-order valence-electron chi connectivity index (χ4n) is 3.09. The van der Waals surface area contributed by atoms with Gasteiger partial charge in [0, 0.05) is 39.8 Å². The number of benzene rings is 1. The Hall–Kier alpha value is -3.61. The van der Waals surface area contributed by atoms with Gasteiger partial charge in [-0.1, -0.05) is 45.0 Å². The van der Waals surface area contributed by atoms with Gasteiger partial charge in [-0.05, 0) is 29.7 Å². The Morgan fingerprint density at radius 2 is 1.90 bits per heavy atom. The third-order valence-corrected chi connectivity index (χ3v) is 4.86. The zero-order valence-corrected chi connectivity index (χ0v) is 18.1. The van der Waals surface area contributed by atoms with Crippen LogP contribution in [0, 0.1) is 5.92 Å². The van der Waals surface area contributed by atoms with Crippen LogP contribution >= 0.6 is 0 Å². The number of aromatic nitrogens is 3. The van der Waals surface area contributed by atoms with Crippen molar-refractivity contribution in [3.8, 4) is 11.1 Å². The Kier molecular flexibility index (Phi) is 7.43. The largest absolute Gasteiger partial charge is 0.368 e. The molecule has 0 fully saturated rings. The summed E-state index contributed by atoms with van der Waals surface area (Å²) >= 11 is 0. The summed E-state index contributed by atoms with van der Waals surface area (Å²) in [4.78, 5) is 37.9. The van der Waals surface area contributed by atoms with Gasteiger partial charge >= 0.3 is 0 Å². The summed E-state index contributed by atoms with van der Waals surface area (Å²) in [5.74, 6) is -0.0558. The first-order valence-corrected chi connectivity index (χ1v) is 10.4. The number of anilines is 1. The summed E-state index contributed by atoms with van der Waals surface area (Å²) in [5, 5.41) is 5.98. The van der Waals surface area contributed by atoms with Gasteiger partial charge < -0.3 is 10.6 Å². The van der Waals surface area contributed by atoms with E-state index in [4.69, 9.17) is 0 Å². The molecule has 0 saturated carbocycles. The average Bonchev–Trinajstić information content (AvgIpc) is 2.81. The van der Waals surface area contributed by atoms with Crippen LogP contribution in [0.5, 0.6) is 0 Å². The molecular formula is C24H31N5O2. The fraction of sp³-hybridized carbons (Fsp3) is 0.292. The lowest BCUT2D eigenvalue weighted by Crippen LogP contribution is -2.31. The van der Waals surface area contributed by atoms with Crippen molar-refractivity contribution >= 4 is 17.5 Å². The van der Waals surface area contributed by atoms with E-state index in [1.807, 2.05) is 12.1 Å². The third-order valence-electron chi connectivity index (χ3n) is 4.86. The molecule has 0 saturated heterocycles. The molecule has 1 aromatic carbocycles. The topological polar surface area (TPSA) is 96.9 Å². The maximum Gasteiger partial charge on any atom is 0.253 e. The lowest BCUT2D eigenvalue weighted by Gasteiger charge is -2.13. The summed E-state index contributed by atoms with van der Waals surface area (Å²) in [5.41, 5.74) is 3.46. The Morgan fingerprint density at radius 1 is 1.06 bits per heavy atom. The van der Waals surface area contributed by atoms with E-state index >= 15 is 0 Å². The first-order chi connectivity index (χ1) is 15.0. The first kappa shape index (κ1) is 22.1. The van der Waals surface area contributed by atoms with Crippen LogP contribution in [0.3, 0.4) is 0 Å². The molecule has 31 heavy (non-hydrogen) atoms. The zero-order chi connectivity index (χ0) is 22.2. The molecule has 164 valence electrons. The van der Waals surface area contributed by atoms with Crippen LogP contribution in [-0.2, 0) is 6.42 Å². The monoisotopic (exact) mass is 421 g/mol. The first-order valence-electron chi connectivity index (χ1n) is 10.4. The highest BCUT2D eigenvalue weighted by atomic mass is 16.2. The maximum atomic E-state index is 13.0. The molecule has 3 rings (SSSR count). The number of pyridine rings is 1. The van der Waals surface area contributed by atoms with Crippen LogP contribution in [0.4, 0.5) is 5.82 Å². The number of hydrogen-bond donors (Lipinski definition) is 2. The predicted octanol–water partition coefficient (Wildman–Crippen LogP) is 4.27. The molecule has 0 aliphatic heterocycles. The van der Waals surface area contributed by atoms with Crippen LogP contribution < -0.4 is 10.6 Å². The van der Waals surface area contributed by atoms with Gasteiger partial charge in [-0.3, -0.25) is 14.6 Å². The van der Waals surface area contributed by atoms with Gasteiger partial charge in [0.15, 0.2) is 5.78 Å². The van der Waals surface area contributed by atoms with Crippen LogP contribution in [0.15, 0.2) is 55.1 Å². The number of rotatable bonds is 9. The highest BCUT2D eigenvalue weighted by Crippen LogP contribution is 2.23. The lowest BCUT2D eigenvalue weighted by molar-refractivity contribution is 0.0908. The summed E-state index contributed by atoms with van der Waals surface area (Å²) in [6.45, 7) is 6.55. The van der Waals surface area contributed by atoms with Crippen molar-refractivity contribution in [1.82, 2.24) is 20.3 Å². The Labute approximate surface area is 185 Å². The highest BCUT2D eigenvalue weighted by molar-refractivity contribution is 6.08. The smallest absolute Gasteiger partial charge is 0.253 e. The molecule has 3 aromatic rings. The minimum absolute atomic E-state index is 0. The summed E-state index contributed by atoms with van der Waals surface area (Å²) in [6.07, 6.45) is 5.67. The van der Waals surface area contributed by atoms with Gasteiger partial charge in [-0.2, -0.15) is 0 Å². The average molecular weight is 422 g/mol. The number of nitrogens with one attached hydrogen (secondary N) is 2. The molecule has 0 spiro atoms. The van der Waals surface area contributed by atoms with Crippen molar-refractivity contribution in [2.24, 2.45) is 5.92 Å². The molecule has 2 aromatic heterocycles. The summed E-state index contributed by atoms with van der Waals surface area (Å²) in [7, 11) is 0. The number of carbonyl (C=O) groups excluding carboxylic acids is 2. The van der Waals surface area contributed by atoms with Gasteiger partial charge in [0.05, 0.1) is 5.56 Å². The number of carbonyl (C=O) groups is 2. The van der Waals surface area contributed by atoms with Crippen LogP contribution in [0.1, 0.15) is 50.0 Å². The van der Waals surface area contributed by atoms with Gasteiger partial charge in [0.1, 0.15) is 17.8 Å². The zero-order valence-electron chi connectivity index (χ0n) is 18.1. The number of ketones is 1. The van der Waals surface area contributed by atoms with Crippen LogP contribution in [0.2, 0.25) is 0 Å². The van der Waals surface area contributed by atoms with Crippen LogP contribution in [0.25, 0.3) is 11.1 Å². The molecule has 1 amide bonds. The SMILES string of the molecule is CCc1cccc(-c2cnc(C(=O)C(C)C)c(C(=O)NCCNc3ccncn3)c2)c1.[HH].[HH]. The fourth-order valence-corrected chi connectivity index (χ4v) is 3.09. The van der Waals surface area contributed by atoms with E-state index in [2.05, 4.69) is 44.6 Å². The Bertz CT molecular complexity index is 1060. The Balaban J connectivity index is 0.00000272. The van der Waals surface area contributed by atoms with E-state index in [-0.39, 0.29) is 26.2 Å². The number of Topliss-reactive ketones (excluding diaryl/α,β-unsaturated/α-hetero) is 1. The molecule has 2 N–H and O–H groups in total. The summed E-state index contributed by atoms with van der Waals surface area (Å²) in [6, 6.07) is 11.6. The number of hydrogen-bond acceptors (Lipinski definition) is 6. The van der Waals surface area contributed by atoms with Gasteiger partial charge in [-0.15, -0.1) is 0 Å². The molecule has 0 unspecified atom stereocenters. The second-order valence-electron chi connectivity index (χ2n) is 7.47. The van der Waals surface area contributed by atoms with E-state index in [9.17, 15) is 9.59 Å². The predicted molar refractivity (Wildman–Crippen MR) is 125 cm³/mol. The van der Waals surface area contributed by atoms with E-state index < -0.39 is 0 Å². The highest BCUT2D eigenvalue weighted by Gasteiger charge is 2.22. The van der Waals surface area contributed by atoms with E-state index in [1.165, 1.54) is 11.9 Å². The molecule has 0 radical (unpaired) electrons. The Morgan fingerprint density at radius 3 is 2.61 bits per heavy atom. The normalized spacial score (nSPS) is 10.7. The van der Waals surface area contributed by atoms with Gasteiger partial charge in [0.25, 0.3) is 5.91 Å². The standard InChI is InChI=1S/C24H27N5O2.2H2/c1-4-17-6-5-7-18(12-17)19-13-20(22(28-14-19)23(30)16(2)3)24(31)27-11-10-26-21-8-9-25-15-29-21;;/h5-9,12-16H,4,10-11H2,1-3H3,(H,27,31)(H,25,26,29);2*1H. The van der Waals surface area contributed by atoms with Gasteiger partial charge in [0.2, 0.25) is 0 Å². The molecule has 2 heterocycles. The molecule has 0 aliphatic carbocycles. The third kappa shape index (κ3) is 5.72. The second-order valence-corrected chi connectivity index (χ2v) is 7.47. The lowest BCUT2D eigenvalue weighted by atomic mass is 9.97. The second kappa shape index (κ2) is 10.4. The van der Waals surface area contributed by atoms with Crippen molar-refractivity contribution in [3.05, 3.63) is 71.9 Å². The number of amides is 1. The van der Waals surface area contributed by atoms with Crippen molar-refractivity contribution in [3.63, 3.8) is 0 Å². The van der Waals surface area contributed by atoms with Gasteiger partial charge in [-0.25, -0.2) is 9.97 Å². The van der Waals surface area contributed by atoms with Crippen molar-refractivity contribution < 1.29 is 12.4 Å². The van der Waals surface area contributed by atoms with E-state index in [0.29, 0.717) is 24.5 Å². The molecule has 7 nitrogen and oxygen atoms in total. The quantitative estimate of drug-likeness (QED) is 0.395. The summed E-state index contributed by atoms with van der Waals surface area (Å²) < 4.78 is 0. The maximum absolute atomic E-state index is 13.0. The van der Waals surface area contributed by atoms with Crippen molar-refractivity contribution in [2.45, 2.75) is 27.2 Å². The molecule has 7 heteroatoms. The van der Waals surface area contributed by atoms with Crippen molar-refractivity contribution in [1.29, 1.82) is 0 Å². The van der Waals surface area contributed by atoms with Crippen LogP contribution in [-0.4, -0.2) is 39.7 Å².